The van der Waals surface area contributed by atoms with Crippen LogP contribution >= 0.6 is 0 Å². The molecule has 8 heteroatoms. The van der Waals surface area contributed by atoms with Gasteiger partial charge in [-0.25, -0.2) is 0 Å². The van der Waals surface area contributed by atoms with E-state index in [1.54, 1.807) is 0 Å². The predicted octanol–water partition coefficient (Wildman–Crippen LogP) is 4.62. The van der Waals surface area contributed by atoms with Gasteiger partial charge in [-0.05, 0) is 24.2 Å². The Bertz CT molecular complexity index is 428. The standard InChI is InChI=1S/C16H43N3OSi4/c1-15(2,3)23(16(4,5)6)17-24(20-23,18(7)21(9,10)11)19(8)22(12,13)14/h17H,1-14H3. The van der Waals surface area contributed by atoms with Crippen LogP contribution in [0.5, 0.6) is 0 Å². The Morgan fingerprint density at radius 1 is 0.708 bits per heavy atom. The van der Waals surface area contributed by atoms with Crippen molar-refractivity contribution < 1.29 is 4.12 Å². The summed E-state index contributed by atoms with van der Waals surface area (Å²) >= 11 is 0. The molecule has 1 fully saturated rings. The summed E-state index contributed by atoms with van der Waals surface area (Å²) in [5, 5.41) is 0.338. The van der Waals surface area contributed by atoms with E-state index in [4.69, 9.17) is 4.12 Å². The van der Waals surface area contributed by atoms with Gasteiger partial charge in [-0.1, -0.05) is 80.8 Å². The molecule has 0 spiro atoms. The van der Waals surface area contributed by atoms with Crippen LogP contribution in [0.25, 0.3) is 0 Å². The molecule has 0 unspecified atom stereocenters. The fraction of sp³-hybridized carbons (Fsp3) is 1.00. The predicted molar refractivity (Wildman–Crippen MR) is 117 cm³/mol. The highest BCUT2D eigenvalue weighted by atomic mass is 28.5. The van der Waals surface area contributed by atoms with Crippen molar-refractivity contribution in [1.82, 2.24) is 13.1 Å². The van der Waals surface area contributed by atoms with Crippen molar-refractivity contribution in [2.45, 2.75) is 90.9 Å². The molecule has 24 heavy (non-hydrogen) atoms. The lowest BCUT2D eigenvalue weighted by molar-refractivity contribution is 0.268. The molecule has 1 saturated heterocycles. The van der Waals surface area contributed by atoms with Crippen LogP contribution in [0.4, 0.5) is 0 Å². The molecule has 1 N–H and O–H groups in total. The lowest BCUT2D eigenvalue weighted by Gasteiger charge is -2.70. The van der Waals surface area contributed by atoms with Gasteiger partial charge in [0.2, 0.25) is 0 Å². The van der Waals surface area contributed by atoms with Gasteiger partial charge in [-0.2, -0.15) is 0 Å². The van der Waals surface area contributed by atoms with Gasteiger partial charge in [0.15, 0.2) is 0 Å². The maximum Gasteiger partial charge on any atom is 0.416 e. The molecule has 0 aromatic heterocycles. The third-order valence-electron chi connectivity index (χ3n) is 5.67. The zero-order valence-corrected chi connectivity index (χ0v) is 22.8. The second-order valence-electron chi connectivity index (χ2n) is 11.5. The highest BCUT2D eigenvalue weighted by Crippen LogP contribution is 2.56. The van der Waals surface area contributed by atoms with Crippen LogP contribution in [-0.4, -0.2) is 56.3 Å². The van der Waals surface area contributed by atoms with Gasteiger partial charge in [-0.3, -0.25) is 4.65 Å². The SMILES string of the molecule is CN([Si](C)(C)C)[Si]1(N(C)[Si](C)(C)C)N[Si](C(C)(C)C)(C(C)(C)C)O1. The quantitative estimate of drug-likeness (QED) is 0.691. The second-order valence-corrected chi connectivity index (χ2v) is 31.1. The molecule has 1 aliphatic heterocycles. The Hall–Kier alpha value is 0.708. The molecule has 0 aliphatic carbocycles. The highest BCUT2D eigenvalue weighted by Gasteiger charge is 2.75. The van der Waals surface area contributed by atoms with Crippen molar-refractivity contribution in [1.29, 1.82) is 0 Å². The van der Waals surface area contributed by atoms with Crippen molar-refractivity contribution in [3.8, 4) is 0 Å². The van der Waals surface area contributed by atoms with Gasteiger partial charge in [-0.15, -0.1) is 0 Å². The van der Waals surface area contributed by atoms with Gasteiger partial charge >= 0.3 is 8.80 Å². The number of nitrogens with zero attached hydrogens (tertiary/aromatic N) is 2. The normalized spacial score (nSPS) is 22.0. The van der Waals surface area contributed by atoms with Crippen LogP contribution in [0.3, 0.4) is 0 Å². The largest absolute Gasteiger partial charge is 0.416 e. The van der Waals surface area contributed by atoms with Gasteiger partial charge in [0.1, 0.15) is 16.5 Å². The van der Waals surface area contributed by atoms with E-state index in [-0.39, 0.29) is 10.1 Å². The minimum absolute atomic E-state index is 0.169. The molecule has 0 bridgehead atoms. The molecule has 1 heterocycles. The van der Waals surface area contributed by atoms with Gasteiger partial charge in [0, 0.05) is 0 Å². The van der Waals surface area contributed by atoms with E-state index in [2.05, 4.69) is 108 Å². The molecule has 0 saturated carbocycles. The van der Waals surface area contributed by atoms with Crippen LogP contribution < -0.4 is 4.65 Å². The van der Waals surface area contributed by atoms with Crippen molar-refractivity contribution in [2.75, 3.05) is 14.1 Å². The molecular formula is C16H43N3OSi4. The third kappa shape index (κ3) is 3.58. The number of nitrogens with one attached hydrogen (secondary N) is 1. The van der Waals surface area contributed by atoms with Crippen LogP contribution in [0.15, 0.2) is 0 Å². The van der Waals surface area contributed by atoms with Gasteiger partial charge in [0.25, 0.3) is 8.48 Å². The first-order valence-electron chi connectivity index (χ1n) is 9.20. The van der Waals surface area contributed by atoms with E-state index in [9.17, 15) is 0 Å². The molecule has 1 rings (SSSR count). The third-order valence-corrected chi connectivity index (χ3v) is 26.7. The van der Waals surface area contributed by atoms with E-state index in [0.29, 0.717) is 0 Å². The van der Waals surface area contributed by atoms with Crippen molar-refractivity contribution in [3.63, 3.8) is 0 Å². The van der Waals surface area contributed by atoms with E-state index < -0.39 is 33.8 Å². The zero-order chi connectivity index (χ0) is 19.6. The molecule has 0 aromatic rings. The van der Waals surface area contributed by atoms with Crippen molar-refractivity contribution in [2.24, 2.45) is 0 Å². The zero-order valence-electron chi connectivity index (χ0n) is 18.8. The summed E-state index contributed by atoms with van der Waals surface area (Å²) in [4.78, 5) is 0. The summed E-state index contributed by atoms with van der Waals surface area (Å²) in [6, 6.07) is 0. The summed E-state index contributed by atoms with van der Waals surface area (Å²) in [5.41, 5.74) is 0. The Morgan fingerprint density at radius 3 is 1.12 bits per heavy atom. The Morgan fingerprint density at radius 2 is 0.958 bits per heavy atom. The minimum atomic E-state index is -2.27. The van der Waals surface area contributed by atoms with Crippen LogP contribution in [0, 0.1) is 0 Å². The monoisotopic (exact) mass is 405 g/mol. The fourth-order valence-corrected chi connectivity index (χ4v) is 28.2. The topological polar surface area (TPSA) is 27.7 Å². The first kappa shape index (κ1) is 22.7. The molecular weight excluding hydrogens is 363 g/mol. The summed E-state index contributed by atoms with van der Waals surface area (Å²) in [6.07, 6.45) is 0. The number of rotatable bonds is 4. The summed E-state index contributed by atoms with van der Waals surface area (Å²) in [6.45, 7) is 28.7. The molecule has 1 aliphatic rings. The fourth-order valence-electron chi connectivity index (χ4n) is 3.69. The maximum atomic E-state index is 7.31. The summed E-state index contributed by atoms with van der Waals surface area (Å²) < 4.78 is 16.9. The molecule has 0 aromatic carbocycles. The second kappa shape index (κ2) is 6.12. The van der Waals surface area contributed by atoms with Gasteiger partial charge < -0.3 is 12.6 Å². The van der Waals surface area contributed by atoms with Crippen LogP contribution in [0.1, 0.15) is 41.5 Å². The molecule has 0 radical (unpaired) electrons. The van der Waals surface area contributed by atoms with Gasteiger partial charge in [0.05, 0.1) is 0 Å². The Balaban J connectivity index is 3.43. The smallest absolute Gasteiger partial charge is 0.409 e. The lowest BCUT2D eigenvalue weighted by atomic mass is 10.2. The number of hydrogen-bond acceptors (Lipinski definition) is 4. The summed E-state index contributed by atoms with van der Waals surface area (Å²) in [7, 11) is -2.70. The van der Waals surface area contributed by atoms with Crippen molar-refractivity contribution in [3.05, 3.63) is 0 Å². The molecule has 0 amide bonds. The molecule has 4 nitrogen and oxygen atoms in total. The number of hydrogen-bond donors (Lipinski definition) is 1. The van der Waals surface area contributed by atoms with E-state index >= 15 is 0 Å². The Kier molecular flexibility index (Phi) is 5.80. The van der Waals surface area contributed by atoms with Crippen LogP contribution in [-0.2, 0) is 4.12 Å². The molecule has 0 atom stereocenters. The average Bonchev–Trinajstić information content (AvgIpc) is 2.20. The highest BCUT2D eigenvalue weighted by molar-refractivity contribution is 7.07. The molecule has 144 valence electrons. The van der Waals surface area contributed by atoms with E-state index in [1.165, 1.54) is 0 Å². The van der Waals surface area contributed by atoms with E-state index in [0.717, 1.165) is 0 Å². The maximum absolute atomic E-state index is 7.31. The first-order chi connectivity index (χ1) is 10.2. The van der Waals surface area contributed by atoms with Crippen molar-refractivity contribution >= 4 is 33.8 Å². The first-order valence-corrected chi connectivity index (χ1v) is 19.8. The van der Waals surface area contributed by atoms with Crippen LogP contribution in [0.2, 0.25) is 49.4 Å². The van der Waals surface area contributed by atoms with E-state index in [1.807, 2.05) is 0 Å². The lowest BCUT2D eigenvalue weighted by Crippen LogP contribution is -2.99. The Labute approximate surface area is 156 Å². The average molecular weight is 406 g/mol. The summed E-state index contributed by atoms with van der Waals surface area (Å²) in [5.74, 6) is 0. The minimum Gasteiger partial charge on any atom is -0.409 e.